The van der Waals surface area contributed by atoms with Crippen LogP contribution >= 0.6 is 0 Å². The molecule has 1 fully saturated rings. The molecule has 0 aliphatic carbocycles. The maximum atomic E-state index is 13.2. The minimum Gasteiger partial charge on any atom is -0.467 e. The van der Waals surface area contributed by atoms with Gasteiger partial charge in [0.05, 0.1) is 37.0 Å². The van der Waals surface area contributed by atoms with Gasteiger partial charge in [0.2, 0.25) is 0 Å². The summed E-state index contributed by atoms with van der Waals surface area (Å²) in [6.45, 7) is 4.33. The summed E-state index contributed by atoms with van der Waals surface area (Å²) in [5.41, 5.74) is 0.578. The highest BCUT2D eigenvalue weighted by Gasteiger charge is 2.18. The van der Waals surface area contributed by atoms with E-state index in [1.807, 2.05) is 0 Å². The Morgan fingerprint density at radius 3 is 2.82 bits per heavy atom. The molecule has 1 saturated heterocycles. The molecule has 0 radical (unpaired) electrons. The van der Waals surface area contributed by atoms with Crippen LogP contribution in [0.5, 0.6) is 0 Å². The van der Waals surface area contributed by atoms with E-state index in [9.17, 15) is 9.59 Å². The van der Waals surface area contributed by atoms with Gasteiger partial charge in [-0.1, -0.05) is 6.07 Å². The summed E-state index contributed by atoms with van der Waals surface area (Å²) in [6, 6.07) is 10.3. The first-order valence-electron chi connectivity index (χ1n) is 10.8. The monoisotopic (exact) mass is 448 g/mol. The van der Waals surface area contributed by atoms with E-state index >= 15 is 0 Å². The summed E-state index contributed by atoms with van der Waals surface area (Å²) in [4.78, 5) is 33.1. The van der Waals surface area contributed by atoms with Gasteiger partial charge >= 0.3 is 0 Å². The molecule has 0 spiro atoms. The number of nitrogens with zero attached hydrogens (tertiary/aromatic N) is 4. The number of furan rings is 1. The van der Waals surface area contributed by atoms with Crippen LogP contribution in [0.2, 0.25) is 0 Å². The zero-order valence-electron chi connectivity index (χ0n) is 18.0. The molecule has 0 saturated carbocycles. The highest BCUT2D eigenvalue weighted by molar-refractivity contribution is 5.96. The Kier molecular flexibility index (Phi) is 5.76. The molecule has 0 bridgehead atoms. The molecule has 4 aromatic rings. The fourth-order valence-electron chi connectivity index (χ4n) is 4.02. The van der Waals surface area contributed by atoms with E-state index in [0.29, 0.717) is 43.4 Å². The molecule has 170 valence electrons. The average molecular weight is 448 g/mol. The molecule has 5 rings (SSSR count). The van der Waals surface area contributed by atoms with Crippen molar-refractivity contribution in [2.24, 2.45) is 0 Å². The molecule has 1 amide bonds. The van der Waals surface area contributed by atoms with Crippen molar-refractivity contribution in [3.8, 4) is 0 Å². The minimum atomic E-state index is -0.402. The molecule has 2 N–H and O–H groups in total. The van der Waals surface area contributed by atoms with E-state index in [4.69, 9.17) is 14.6 Å². The maximum Gasteiger partial charge on any atom is 0.267 e. The SMILES string of the molecule is N=c1c(C(=O)NCCN2CCOCC2)cc2c(=O)n3ccccc3nc2n1Cc1ccco1. The number of carbonyl (C=O) groups is 1. The molecule has 1 aliphatic heterocycles. The highest BCUT2D eigenvalue weighted by atomic mass is 16.5. The van der Waals surface area contributed by atoms with Gasteiger partial charge in [0, 0.05) is 32.4 Å². The number of aromatic nitrogens is 3. The molecule has 1 aliphatic rings. The standard InChI is InChI=1S/C23H24N6O4/c24-20-17(22(30)25-6-8-27-9-12-32-13-10-27)14-18-21(29(20)15-16-4-3-11-33-16)26-19-5-1-2-7-28(19)23(18)31/h1-5,7,11,14,24H,6,8-10,12-13,15H2,(H,25,30). The molecule has 0 aromatic carbocycles. The lowest BCUT2D eigenvalue weighted by Gasteiger charge is -2.26. The number of carbonyl (C=O) groups excluding carboxylic acids is 1. The number of hydrogen-bond acceptors (Lipinski definition) is 7. The third-order valence-electron chi connectivity index (χ3n) is 5.77. The first kappa shape index (κ1) is 21.1. The van der Waals surface area contributed by atoms with Crippen LogP contribution in [0.1, 0.15) is 16.1 Å². The lowest BCUT2D eigenvalue weighted by molar-refractivity contribution is 0.0383. The van der Waals surface area contributed by atoms with Gasteiger partial charge in [-0.2, -0.15) is 0 Å². The summed E-state index contributed by atoms with van der Waals surface area (Å²) in [7, 11) is 0. The minimum absolute atomic E-state index is 0.0325. The number of hydrogen-bond donors (Lipinski definition) is 2. The van der Waals surface area contributed by atoms with Crippen molar-refractivity contribution < 1.29 is 13.9 Å². The third kappa shape index (κ3) is 4.18. The average Bonchev–Trinajstić information content (AvgIpc) is 3.35. The van der Waals surface area contributed by atoms with E-state index in [2.05, 4.69) is 15.2 Å². The van der Waals surface area contributed by atoms with E-state index in [-0.39, 0.29) is 28.5 Å². The van der Waals surface area contributed by atoms with Gasteiger partial charge in [-0.3, -0.25) is 24.3 Å². The predicted molar refractivity (Wildman–Crippen MR) is 120 cm³/mol. The number of fused-ring (bicyclic) bond motifs is 2. The first-order chi connectivity index (χ1) is 16.1. The topological polar surface area (TPSA) is 118 Å². The number of nitrogens with one attached hydrogen (secondary N) is 2. The number of ether oxygens (including phenoxy) is 1. The Hall–Kier alpha value is -3.76. The third-order valence-corrected chi connectivity index (χ3v) is 5.77. The molecule has 5 heterocycles. The van der Waals surface area contributed by atoms with Crippen molar-refractivity contribution in [2.45, 2.75) is 6.54 Å². The molecule has 0 unspecified atom stereocenters. The van der Waals surface area contributed by atoms with Crippen molar-refractivity contribution in [2.75, 3.05) is 39.4 Å². The smallest absolute Gasteiger partial charge is 0.267 e. The molecule has 10 nitrogen and oxygen atoms in total. The summed E-state index contributed by atoms with van der Waals surface area (Å²) in [5.74, 6) is 0.190. The summed E-state index contributed by atoms with van der Waals surface area (Å²) >= 11 is 0. The Morgan fingerprint density at radius 1 is 1.18 bits per heavy atom. The number of amides is 1. The van der Waals surface area contributed by atoms with Gasteiger partial charge in [-0.25, -0.2) is 4.98 Å². The zero-order valence-corrected chi connectivity index (χ0v) is 18.0. The van der Waals surface area contributed by atoms with Crippen LogP contribution in [0.3, 0.4) is 0 Å². The van der Waals surface area contributed by atoms with Gasteiger partial charge in [-0.15, -0.1) is 0 Å². The first-order valence-corrected chi connectivity index (χ1v) is 10.8. The molecular formula is C23H24N6O4. The number of rotatable bonds is 6. The number of pyridine rings is 2. The summed E-state index contributed by atoms with van der Waals surface area (Å²) in [5, 5.41) is 11.9. The van der Waals surface area contributed by atoms with Crippen LogP contribution in [0, 0.1) is 5.41 Å². The van der Waals surface area contributed by atoms with E-state index < -0.39 is 5.91 Å². The predicted octanol–water partition coefficient (Wildman–Crippen LogP) is 0.832. The summed E-state index contributed by atoms with van der Waals surface area (Å²) < 4.78 is 13.8. The van der Waals surface area contributed by atoms with Crippen LogP contribution in [0.15, 0.2) is 58.1 Å². The van der Waals surface area contributed by atoms with Crippen LogP contribution in [0.25, 0.3) is 16.7 Å². The van der Waals surface area contributed by atoms with Crippen molar-refractivity contribution >= 4 is 22.6 Å². The molecule has 10 heteroatoms. The largest absolute Gasteiger partial charge is 0.467 e. The Labute approximate surface area is 188 Å². The summed E-state index contributed by atoms with van der Waals surface area (Å²) in [6.07, 6.45) is 3.18. The fourth-order valence-corrected chi connectivity index (χ4v) is 4.02. The van der Waals surface area contributed by atoms with E-state index in [0.717, 1.165) is 13.1 Å². The molecule has 33 heavy (non-hydrogen) atoms. The van der Waals surface area contributed by atoms with Gasteiger partial charge in [0.25, 0.3) is 11.5 Å². The second-order valence-corrected chi connectivity index (χ2v) is 7.87. The van der Waals surface area contributed by atoms with Crippen LogP contribution in [-0.2, 0) is 11.3 Å². The van der Waals surface area contributed by atoms with E-state index in [1.54, 1.807) is 47.4 Å². The highest BCUT2D eigenvalue weighted by Crippen LogP contribution is 2.12. The van der Waals surface area contributed by atoms with Gasteiger partial charge in [0.1, 0.15) is 22.5 Å². The molecule has 4 aromatic heterocycles. The Morgan fingerprint density at radius 2 is 2.03 bits per heavy atom. The second kappa shape index (κ2) is 9.00. The van der Waals surface area contributed by atoms with Gasteiger partial charge in [-0.05, 0) is 30.3 Å². The Balaban J connectivity index is 1.55. The quantitative estimate of drug-likeness (QED) is 0.422. The molecular weight excluding hydrogens is 424 g/mol. The maximum absolute atomic E-state index is 13.2. The van der Waals surface area contributed by atoms with Crippen LogP contribution in [-0.4, -0.2) is 64.2 Å². The van der Waals surface area contributed by atoms with Crippen LogP contribution < -0.4 is 16.4 Å². The van der Waals surface area contributed by atoms with Crippen molar-refractivity contribution in [3.05, 3.63) is 76.0 Å². The fraction of sp³-hybridized carbons (Fsp3) is 0.304. The molecule has 0 atom stereocenters. The normalized spacial score (nSPS) is 14.7. The second-order valence-electron chi connectivity index (χ2n) is 7.87. The van der Waals surface area contributed by atoms with Crippen molar-refractivity contribution in [3.63, 3.8) is 0 Å². The number of morpholine rings is 1. The van der Waals surface area contributed by atoms with Crippen LogP contribution in [0.4, 0.5) is 0 Å². The lowest BCUT2D eigenvalue weighted by atomic mass is 10.2. The van der Waals surface area contributed by atoms with Crippen molar-refractivity contribution in [1.29, 1.82) is 5.41 Å². The Bertz CT molecular complexity index is 1420. The van der Waals surface area contributed by atoms with Gasteiger partial charge < -0.3 is 19.0 Å². The van der Waals surface area contributed by atoms with Crippen molar-refractivity contribution in [1.82, 2.24) is 24.2 Å². The zero-order chi connectivity index (χ0) is 22.8. The van der Waals surface area contributed by atoms with Gasteiger partial charge in [0.15, 0.2) is 0 Å². The van der Waals surface area contributed by atoms with E-state index in [1.165, 1.54) is 10.5 Å². The lowest BCUT2D eigenvalue weighted by Crippen LogP contribution is -2.42.